The Morgan fingerprint density at radius 1 is 1.27 bits per heavy atom. The normalized spacial score (nSPS) is 28.5. The molecule has 0 aromatic carbocycles. The molecule has 8 nitrogen and oxygen atoms in total. The number of hydrogen-bond donors (Lipinski definition) is 2. The lowest BCUT2D eigenvalue weighted by molar-refractivity contribution is -0.128. The molecule has 0 bridgehead atoms. The molecule has 2 saturated carbocycles. The van der Waals surface area contributed by atoms with Gasteiger partial charge >= 0.3 is 0 Å². The number of carbonyl (C=O) groups excluding carboxylic acids is 1. The van der Waals surface area contributed by atoms with Crippen LogP contribution >= 0.6 is 0 Å². The van der Waals surface area contributed by atoms with Gasteiger partial charge in [0.2, 0.25) is 5.91 Å². The summed E-state index contributed by atoms with van der Waals surface area (Å²) >= 11 is 0. The van der Waals surface area contributed by atoms with Crippen LogP contribution in [0.4, 0.5) is 0 Å². The topological polar surface area (TPSA) is 97.9 Å². The molecule has 1 amide bonds. The third kappa shape index (κ3) is 3.51. The summed E-state index contributed by atoms with van der Waals surface area (Å²) in [5.74, 6) is 2.43. The molecule has 0 unspecified atom stereocenters. The average Bonchev–Trinajstić information content (AvgIpc) is 3.23. The van der Waals surface area contributed by atoms with Gasteiger partial charge in [-0.25, -0.2) is 0 Å². The van der Waals surface area contributed by atoms with Crippen LogP contribution in [0, 0.1) is 5.92 Å². The fraction of sp³-hybridized carbons (Fsp3) is 0.667. The van der Waals surface area contributed by atoms with Gasteiger partial charge in [-0.15, -0.1) is 10.2 Å². The molecule has 2 aromatic rings. The highest BCUT2D eigenvalue weighted by molar-refractivity contribution is 5.79. The van der Waals surface area contributed by atoms with Gasteiger partial charge in [-0.05, 0) is 44.6 Å². The van der Waals surface area contributed by atoms with Gasteiger partial charge in [0, 0.05) is 37.3 Å². The van der Waals surface area contributed by atoms with Gasteiger partial charge in [-0.2, -0.15) is 5.10 Å². The van der Waals surface area contributed by atoms with Crippen LogP contribution in [0.2, 0.25) is 0 Å². The van der Waals surface area contributed by atoms with Gasteiger partial charge in [0.15, 0.2) is 5.82 Å². The Kier molecular flexibility index (Phi) is 4.76. The fourth-order valence-electron chi connectivity index (χ4n) is 4.01. The Labute approximate surface area is 152 Å². The number of aromatic nitrogens is 5. The molecule has 0 radical (unpaired) electrons. The molecule has 0 atom stereocenters. The highest BCUT2D eigenvalue weighted by Gasteiger charge is 2.36. The molecule has 140 valence electrons. The van der Waals surface area contributed by atoms with Crippen LogP contribution in [0.25, 0.3) is 0 Å². The number of nitrogens with one attached hydrogen (secondary N) is 1. The minimum Gasteiger partial charge on any atom is -0.393 e. The molecular weight excluding hydrogens is 332 g/mol. The summed E-state index contributed by atoms with van der Waals surface area (Å²) in [5.41, 5.74) is 0. The monoisotopic (exact) mass is 358 g/mol. The molecule has 2 N–H and O–H groups in total. The lowest BCUT2D eigenvalue weighted by Crippen LogP contribution is -2.46. The zero-order valence-electron chi connectivity index (χ0n) is 15.1. The molecule has 0 spiro atoms. The van der Waals surface area contributed by atoms with Crippen molar-refractivity contribution < 1.29 is 9.90 Å². The van der Waals surface area contributed by atoms with E-state index in [2.05, 4.69) is 20.6 Å². The summed E-state index contributed by atoms with van der Waals surface area (Å²) < 4.78 is 3.88. The number of hydrogen-bond acceptors (Lipinski definition) is 5. The minimum atomic E-state index is -0.223. The van der Waals surface area contributed by atoms with Crippen molar-refractivity contribution in [3.05, 3.63) is 30.1 Å². The molecule has 2 aliphatic carbocycles. The van der Waals surface area contributed by atoms with Crippen molar-refractivity contribution in [1.82, 2.24) is 29.9 Å². The summed E-state index contributed by atoms with van der Waals surface area (Å²) in [4.78, 5) is 12.4. The van der Waals surface area contributed by atoms with Gasteiger partial charge in [-0.3, -0.25) is 9.48 Å². The summed E-state index contributed by atoms with van der Waals surface area (Å²) in [6.07, 6.45) is 8.33. The maximum absolute atomic E-state index is 12.4. The van der Waals surface area contributed by atoms with Crippen LogP contribution in [0.1, 0.15) is 56.1 Å². The van der Waals surface area contributed by atoms with Crippen molar-refractivity contribution >= 4 is 5.91 Å². The number of amides is 1. The van der Waals surface area contributed by atoms with E-state index in [1.54, 1.807) is 6.20 Å². The van der Waals surface area contributed by atoms with Crippen LogP contribution in [0.3, 0.4) is 0 Å². The molecule has 0 saturated heterocycles. The number of rotatable bonds is 5. The summed E-state index contributed by atoms with van der Waals surface area (Å²) in [6.45, 7) is 0.608. The first-order valence-electron chi connectivity index (χ1n) is 9.44. The van der Waals surface area contributed by atoms with Gasteiger partial charge in [0.1, 0.15) is 12.4 Å². The SMILES string of the molecule is Cn1c(Cn2cccn2)nnc1C1CC(NC(=O)C2CCC(O)CC2)C1. The highest BCUT2D eigenvalue weighted by Crippen LogP contribution is 2.36. The first-order chi connectivity index (χ1) is 12.6. The number of aliphatic hydroxyl groups excluding tert-OH is 1. The molecule has 26 heavy (non-hydrogen) atoms. The van der Waals surface area contributed by atoms with E-state index in [9.17, 15) is 9.90 Å². The fourth-order valence-corrected chi connectivity index (χ4v) is 4.01. The van der Waals surface area contributed by atoms with Crippen LogP contribution in [0.15, 0.2) is 18.5 Å². The van der Waals surface area contributed by atoms with E-state index in [0.29, 0.717) is 12.5 Å². The zero-order valence-corrected chi connectivity index (χ0v) is 15.1. The van der Waals surface area contributed by atoms with Crippen LogP contribution < -0.4 is 5.32 Å². The van der Waals surface area contributed by atoms with Crippen molar-refractivity contribution in [2.24, 2.45) is 13.0 Å². The van der Waals surface area contributed by atoms with E-state index in [-0.39, 0.29) is 24.0 Å². The Hall–Kier alpha value is -2.22. The van der Waals surface area contributed by atoms with E-state index < -0.39 is 0 Å². The smallest absolute Gasteiger partial charge is 0.223 e. The molecule has 2 aromatic heterocycles. The largest absolute Gasteiger partial charge is 0.393 e. The summed E-state index contributed by atoms with van der Waals surface area (Å²) in [6, 6.07) is 2.12. The van der Waals surface area contributed by atoms with E-state index >= 15 is 0 Å². The van der Waals surface area contributed by atoms with Gasteiger partial charge < -0.3 is 15.0 Å². The predicted octanol–water partition coefficient (Wildman–Crippen LogP) is 0.973. The van der Waals surface area contributed by atoms with Gasteiger partial charge in [-0.1, -0.05) is 0 Å². The summed E-state index contributed by atoms with van der Waals surface area (Å²) in [7, 11) is 1.99. The van der Waals surface area contributed by atoms with Crippen molar-refractivity contribution in [3.8, 4) is 0 Å². The van der Waals surface area contributed by atoms with Gasteiger partial charge in [0.25, 0.3) is 0 Å². The molecule has 4 rings (SSSR count). The highest BCUT2D eigenvalue weighted by atomic mass is 16.3. The van der Waals surface area contributed by atoms with E-state index in [4.69, 9.17) is 0 Å². The maximum atomic E-state index is 12.4. The molecule has 2 aliphatic rings. The minimum absolute atomic E-state index is 0.0629. The molecule has 2 heterocycles. The third-order valence-electron chi connectivity index (χ3n) is 5.78. The molecule has 2 fully saturated rings. The number of aliphatic hydroxyl groups is 1. The average molecular weight is 358 g/mol. The van der Waals surface area contributed by atoms with E-state index in [0.717, 1.165) is 50.2 Å². The second kappa shape index (κ2) is 7.19. The van der Waals surface area contributed by atoms with Crippen molar-refractivity contribution in [2.45, 2.75) is 63.1 Å². The Morgan fingerprint density at radius 3 is 2.73 bits per heavy atom. The van der Waals surface area contributed by atoms with E-state index in [1.807, 2.05) is 28.6 Å². The summed E-state index contributed by atoms with van der Waals surface area (Å²) in [5, 5.41) is 25.6. The Balaban J connectivity index is 1.28. The van der Waals surface area contributed by atoms with Crippen LogP contribution in [-0.4, -0.2) is 47.7 Å². The first kappa shape index (κ1) is 17.2. The predicted molar refractivity (Wildman–Crippen MR) is 94.2 cm³/mol. The Morgan fingerprint density at radius 2 is 2.04 bits per heavy atom. The number of carbonyl (C=O) groups is 1. The second-order valence-corrected chi connectivity index (χ2v) is 7.62. The second-order valence-electron chi connectivity index (χ2n) is 7.62. The third-order valence-corrected chi connectivity index (χ3v) is 5.78. The quantitative estimate of drug-likeness (QED) is 0.830. The Bertz CT molecular complexity index is 742. The first-order valence-corrected chi connectivity index (χ1v) is 9.44. The van der Waals surface area contributed by atoms with E-state index in [1.165, 1.54) is 0 Å². The van der Waals surface area contributed by atoms with Crippen molar-refractivity contribution in [2.75, 3.05) is 0 Å². The van der Waals surface area contributed by atoms with Crippen molar-refractivity contribution in [1.29, 1.82) is 0 Å². The zero-order chi connectivity index (χ0) is 18.1. The maximum Gasteiger partial charge on any atom is 0.223 e. The van der Waals surface area contributed by atoms with Crippen LogP contribution in [-0.2, 0) is 18.4 Å². The van der Waals surface area contributed by atoms with Crippen LogP contribution in [0.5, 0.6) is 0 Å². The molecule has 8 heteroatoms. The lowest BCUT2D eigenvalue weighted by atomic mass is 9.78. The molecule has 0 aliphatic heterocycles. The number of nitrogens with zero attached hydrogens (tertiary/aromatic N) is 5. The molecular formula is C18H26N6O2. The standard InChI is InChI=1S/C18H26N6O2/c1-23-16(11-24-8-2-7-19-24)21-22-17(23)13-9-14(10-13)20-18(26)12-3-5-15(25)6-4-12/h2,7-8,12-15,25H,3-6,9-11H2,1H3,(H,20,26). The lowest BCUT2D eigenvalue weighted by Gasteiger charge is -2.36. The van der Waals surface area contributed by atoms with Gasteiger partial charge in [0.05, 0.1) is 6.10 Å². The van der Waals surface area contributed by atoms with Crippen molar-refractivity contribution in [3.63, 3.8) is 0 Å².